The highest BCUT2D eigenvalue weighted by atomic mass is 16.2. The molecule has 4 nitrogen and oxygen atoms in total. The Morgan fingerprint density at radius 3 is 2.75 bits per heavy atom. The Kier molecular flexibility index (Phi) is 4.33. The molecule has 1 aliphatic heterocycles. The van der Waals surface area contributed by atoms with Crippen molar-refractivity contribution in [3.8, 4) is 0 Å². The number of aryl methyl sites for hydroxylation is 1. The standard InChI is InChI=1S/C16H25N3O/c1-16(2)15(20)18(3)10-11-19(16)9-5-7-13-6-4-8-14(17)12-13/h4,6,8,12H,5,7,9-11,17H2,1-3H3. The van der Waals surface area contributed by atoms with Crippen molar-refractivity contribution in [3.63, 3.8) is 0 Å². The fourth-order valence-corrected chi connectivity index (χ4v) is 2.87. The van der Waals surface area contributed by atoms with E-state index in [0.29, 0.717) is 0 Å². The van der Waals surface area contributed by atoms with Crippen LogP contribution in [0.5, 0.6) is 0 Å². The molecule has 1 aromatic rings. The molecule has 2 N–H and O–H groups in total. The van der Waals surface area contributed by atoms with Crippen LogP contribution in [0, 0.1) is 0 Å². The van der Waals surface area contributed by atoms with Crippen molar-refractivity contribution in [3.05, 3.63) is 29.8 Å². The van der Waals surface area contributed by atoms with E-state index in [1.165, 1.54) is 5.56 Å². The lowest BCUT2D eigenvalue weighted by Gasteiger charge is -2.44. The van der Waals surface area contributed by atoms with Gasteiger partial charge in [0.25, 0.3) is 0 Å². The Morgan fingerprint density at radius 2 is 2.05 bits per heavy atom. The van der Waals surface area contributed by atoms with Crippen LogP contribution >= 0.6 is 0 Å². The highest BCUT2D eigenvalue weighted by Gasteiger charge is 2.39. The Hall–Kier alpha value is -1.55. The summed E-state index contributed by atoms with van der Waals surface area (Å²) in [6.07, 6.45) is 2.05. The number of hydrogen-bond acceptors (Lipinski definition) is 3. The van der Waals surface area contributed by atoms with Gasteiger partial charge in [0.05, 0.1) is 5.54 Å². The molecule has 4 heteroatoms. The molecule has 20 heavy (non-hydrogen) atoms. The molecule has 1 saturated heterocycles. The number of nitrogens with two attached hydrogens (primary N) is 1. The average Bonchev–Trinajstić information content (AvgIpc) is 2.39. The molecule has 110 valence electrons. The summed E-state index contributed by atoms with van der Waals surface area (Å²) in [6.45, 7) is 6.76. The van der Waals surface area contributed by atoms with Crippen LogP contribution in [-0.4, -0.2) is 47.9 Å². The van der Waals surface area contributed by atoms with Crippen molar-refractivity contribution in [2.45, 2.75) is 32.2 Å². The Morgan fingerprint density at radius 1 is 1.30 bits per heavy atom. The maximum absolute atomic E-state index is 12.2. The average molecular weight is 275 g/mol. The van der Waals surface area contributed by atoms with E-state index >= 15 is 0 Å². The zero-order chi connectivity index (χ0) is 14.8. The molecule has 0 aromatic heterocycles. The number of piperazine rings is 1. The highest BCUT2D eigenvalue weighted by molar-refractivity contribution is 5.86. The van der Waals surface area contributed by atoms with Crippen molar-refractivity contribution >= 4 is 11.6 Å². The predicted molar refractivity (Wildman–Crippen MR) is 82.5 cm³/mol. The third-order valence-corrected chi connectivity index (χ3v) is 4.21. The first-order valence-corrected chi connectivity index (χ1v) is 7.26. The number of hydrogen-bond donors (Lipinski definition) is 1. The molecule has 0 saturated carbocycles. The molecule has 0 unspecified atom stereocenters. The molecule has 0 atom stereocenters. The van der Waals surface area contributed by atoms with Gasteiger partial charge in [-0.1, -0.05) is 12.1 Å². The highest BCUT2D eigenvalue weighted by Crippen LogP contribution is 2.22. The molecule has 1 aliphatic rings. The third-order valence-electron chi connectivity index (χ3n) is 4.21. The Labute approximate surface area is 121 Å². The second-order valence-electron chi connectivity index (χ2n) is 6.12. The lowest BCUT2D eigenvalue weighted by atomic mass is 9.97. The first-order valence-electron chi connectivity index (χ1n) is 7.26. The van der Waals surface area contributed by atoms with Crippen LogP contribution in [0.15, 0.2) is 24.3 Å². The van der Waals surface area contributed by atoms with Gasteiger partial charge in [-0.25, -0.2) is 0 Å². The number of benzene rings is 1. The van der Waals surface area contributed by atoms with Crippen LogP contribution < -0.4 is 5.73 Å². The lowest BCUT2D eigenvalue weighted by Crippen LogP contribution is -2.62. The van der Waals surface area contributed by atoms with Crippen molar-refractivity contribution in [1.29, 1.82) is 0 Å². The fourth-order valence-electron chi connectivity index (χ4n) is 2.87. The van der Waals surface area contributed by atoms with Crippen LogP contribution in [0.1, 0.15) is 25.8 Å². The second-order valence-corrected chi connectivity index (χ2v) is 6.12. The number of carbonyl (C=O) groups excluding carboxylic acids is 1. The quantitative estimate of drug-likeness (QED) is 0.852. The van der Waals surface area contributed by atoms with Crippen molar-refractivity contribution < 1.29 is 4.79 Å². The zero-order valence-corrected chi connectivity index (χ0v) is 12.7. The maximum Gasteiger partial charge on any atom is 0.242 e. The van der Waals surface area contributed by atoms with E-state index in [-0.39, 0.29) is 11.4 Å². The van der Waals surface area contributed by atoms with Crippen LogP contribution in [0.25, 0.3) is 0 Å². The van der Waals surface area contributed by atoms with Crippen molar-refractivity contribution in [1.82, 2.24) is 9.80 Å². The van der Waals surface area contributed by atoms with Gasteiger partial charge in [-0.05, 0) is 50.9 Å². The number of amides is 1. The minimum Gasteiger partial charge on any atom is -0.399 e. The number of rotatable bonds is 4. The number of likely N-dealkylation sites (N-methyl/N-ethyl adjacent to an activating group) is 1. The van der Waals surface area contributed by atoms with Crippen LogP contribution in [0.4, 0.5) is 5.69 Å². The molecule has 1 heterocycles. The van der Waals surface area contributed by atoms with E-state index in [1.807, 2.05) is 44.0 Å². The Balaban J connectivity index is 1.89. The molecule has 1 aromatic carbocycles. The smallest absolute Gasteiger partial charge is 0.242 e. The first kappa shape index (κ1) is 14.9. The molecule has 1 amide bonds. The maximum atomic E-state index is 12.2. The van der Waals surface area contributed by atoms with Crippen LogP contribution in [0.3, 0.4) is 0 Å². The molecular formula is C16H25N3O. The van der Waals surface area contributed by atoms with E-state index in [4.69, 9.17) is 5.73 Å². The molecular weight excluding hydrogens is 250 g/mol. The van der Waals surface area contributed by atoms with Gasteiger partial charge in [-0.3, -0.25) is 9.69 Å². The minimum atomic E-state index is -0.386. The SMILES string of the molecule is CN1CCN(CCCc2cccc(N)c2)C(C)(C)C1=O. The summed E-state index contributed by atoms with van der Waals surface area (Å²) < 4.78 is 0. The lowest BCUT2D eigenvalue weighted by molar-refractivity contribution is -0.147. The Bertz CT molecular complexity index is 484. The van der Waals surface area contributed by atoms with Gasteiger partial charge in [0.1, 0.15) is 0 Å². The summed E-state index contributed by atoms with van der Waals surface area (Å²) in [4.78, 5) is 16.3. The molecule has 1 fully saturated rings. The first-order chi connectivity index (χ1) is 9.41. The minimum absolute atomic E-state index is 0.215. The van der Waals surface area contributed by atoms with E-state index < -0.39 is 0 Å². The molecule has 0 radical (unpaired) electrons. The summed E-state index contributed by atoms with van der Waals surface area (Å²) in [7, 11) is 1.88. The van der Waals surface area contributed by atoms with Gasteiger partial charge in [0.15, 0.2) is 0 Å². The van der Waals surface area contributed by atoms with E-state index in [1.54, 1.807) is 0 Å². The predicted octanol–water partition coefficient (Wildman–Crippen LogP) is 1.75. The van der Waals surface area contributed by atoms with Gasteiger partial charge < -0.3 is 10.6 Å². The van der Waals surface area contributed by atoms with Crippen molar-refractivity contribution in [2.75, 3.05) is 32.4 Å². The van der Waals surface area contributed by atoms with Gasteiger partial charge in [-0.15, -0.1) is 0 Å². The monoisotopic (exact) mass is 275 g/mol. The molecule has 0 bridgehead atoms. The summed E-state index contributed by atoms with van der Waals surface area (Å²) in [5, 5.41) is 0. The zero-order valence-electron chi connectivity index (χ0n) is 12.7. The third kappa shape index (κ3) is 3.12. The van der Waals surface area contributed by atoms with E-state index in [2.05, 4.69) is 11.0 Å². The fraction of sp³-hybridized carbons (Fsp3) is 0.562. The molecule has 2 rings (SSSR count). The molecule has 0 aliphatic carbocycles. The van der Waals surface area contributed by atoms with Crippen LogP contribution in [-0.2, 0) is 11.2 Å². The van der Waals surface area contributed by atoms with Gasteiger partial charge >= 0.3 is 0 Å². The summed E-state index contributed by atoms with van der Waals surface area (Å²) in [5.74, 6) is 0.215. The van der Waals surface area contributed by atoms with Gasteiger partial charge in [0, 0.05) is 25.8 Å². The van der Waals surface area contributed by atoms with E-state index in [9.17, 15) is 4.79 Å². The number of anilines is 1. The molecule has 0 spiro atoms. The second kappa shape index (κ2) is 5.83. The van der Waals surface area contributed by atoms with Crippen LogP contribution in [0.2, 0.25) is 0 Å². The number of nitrogen functional groups attached to an aromatic ring is 1. The summed E-state index contributed by atoms with van der Waals surface area (Å²) in [6, 6.07) is 8.04. The largest absolute Gasteiger partial charge is 0.399 e. The topological polar surface area (TPSA) is 49.6 Å². The normalized spacial score (nSPS) is 19.4. The van der Waals surface area contributed by atoms with E-state index in [0.717, 1.165) is 38.2 Å². The van der Waals surface area contributed by atoms with Crippen molar-refractivity contribution in [2.24, 2.45) is 0 Å². The number of nitrogens with zero attached hydrogens (tertiary/aromatic N) is 2. The summed E-state index contributed by atoms with van der Waals surface area (Å²) in [5.41, 5.74) is 7.49. The van der Waals surface area contributed by atoms with Gasteiger partial charge in [0.2, 0.25) is 5.91 Å². The summed E-state index contributed by atoms with van der Waals surface area (Å²) >= 11 is 0. The van der Waals surface area contributed by atoms with Gasteiger partial charge in [-0.2, -0.15) is 0 Å². The number of carbonyl (C=O) groups is 1.